The zero-order chi connectivity index (χ0) is 28.6. The number of hydrogen-bond donors (Lipinski definition) is 0. The lowest BCUT2D eigenvalue weighted by Crippen LogP contribution is -2.35. The van der Waals surface area contributed by atoms with E-state index in [0.717, 1.165) is 22.4 Å². The van der Waals surface area contributed by atoms with E-state index in [9.17, 15) is 17.5 Å². The molecular weight excluding hydrogens is 561 g/mol. The smallest absolute Gasteiger partial charge is 0.428 e. The van der Waals surface area contributed by atoms with Crippen LogP contribution in [0, 0.1) is 11.7 Å². The average Bonchev–Trinajstić information content (AvgIpc) is 3.47. The Kier molecular flexibility index (Phi) is 11.7. The van der Waals surface area contributed by atoms with Crippen LogP contribution in [0.5, 0.6) is 0 Å². The Bertz CT molecular complexity index is 1190. The Morgan fingerprint density at radius 2 is 1.92 bits per heavy atom. The van der Waals surface area contributed by atoms with Crippen LogP contribution in [0.2, 0.25) is 5.15 Å². The van der Waals surface area contributed by atoms with Crippen LogP contribution < -0.4 is 0 Å². The highest BCUT2D eigenvalue weighted by Crippen LogP contribution is 2.56. The van der Waals surface area contributed by atoms with Crippen molar-refractivity contribution in [3.8, 4) is 0 Å². The normalized spacial score (nSPS) is 19.3. The highest BCUT2D eigenvalue weighted by atomic mass is 35.5. The number of thioether (sulfide) groups is 1. The standard InChI is InChI=1S/C23H24ClF3N4O2S2.C2H4O/c1-12-19(20(12)34-21(28-5)31(35-27)22(32)33-23(2,3)4)14-8-13(6-7-15(14)25)9-16(26)17-10-30-18(24)11-29-17;1-2-3/h6-12,19-20H,1-5H3;2H,1H3/b16-9-,28-21?;/t12-,19?,20?;/m0./s1. The van der Waals surface area contributed by atoms with Crippen LogP contribution in [-0.2, 0) is 9.53 Å². The minimum atomic E-state index is -0.887. The van der Waals surface area contributed by atoms with E-state index in [4.69, 9.17) is 21.1 Å². The van der Waals surface area contributed by atoms with Crippen LogP contribution >= 0.6 is 35.7 Å². The quantitative estimate of drug-likeness (QED) is 0.154. The first-order valence-corrected chi connectivity index (χ1v) is 13.3. The first-order chi connectivity index (χ1) is 17.9. The fourth-order valence-electron chi connectivity index (χ4n) is 3.38. The van der Waals surface area contributed by atoms with Crippen LogP contribution in [-0.4, -0.2) is 49.7 Å². The summed E-state index contributed by atoms with van der Waals surface area (Å²) in [6.07, 6.45) is 3.54. The number of aliphatic imine (C=N–C) groups is 1. The van der Waals surface area contributed by atoms with Gasteiger partial charge in [0.25, 0.3) is 0 Å². The summed E-state index contributed by atoms with van der Waals surface area (Å²) in [5.41, 5.74) is 0.0280. The summed E-state index contributed by atoms with van der Waals surface area (Å²) in [4.78, 5) is 32.9. The van der Waals surface area contributed by atoms with E-state index in [-0.39, 0.29) is 45.4 Å². The molecule has 0 bridgehead atoms. The van der Waals surface area contributed by atoms with Gasteiger partial charge in [0.1, 0.15) is 28.6 Å². The van der Waals surface area contributed by atoms with Crippen molar-refractivity contribution in [1.82, 2.24) is 14.3 Å². The Morgan fingerprint density at radius 3 is 2.45 bits per heavy atom. The van der Waals surface area contributed by atoms with Crippen molar-refractivity contribution >= 4 is 65.1 Å². The van der Waals surface area contributed by atoms with Crippen molar-refractivity contribution in [2.45, 2.75) is 51.4 Å². The predicted octanol–water partition coefficient (Wildman–Crippen LogP) is 7.53. The van der Waals surface area contributed by atoms with Crippen LogP contribution in [0.3, 0.4) is 0 Å². The van der Waals surface area contributed by atoms with E-state index in [1.165, 1.54) is 44.6 Å². The summed E-state index contributed by atoms with van der Waals surface area (Å²) in [5.74, 6) is -1.32. The topological polar surface area (TPSA) is 84.8 Å². The maximum Gasteiger partial charge on any atom is 0.428 e. The maximum absolute atomic E-state index is 14.7. The summed E-state index contributed by atoms with van der Waals surface area (Å²) in [7, 11) is 1.44. The second-order valence-corrected chi connectivity index (χ2v) is 11.1. The summed E-state index contributed by atoms with van der Waals surface area (Å²) in [5, 5.41) is 0.0738. The first kappa shape index (κ1) is 31.6. The number of nitrogens with zero attached hydrogens (tertiary/aromatic N) is 4. The van der Waals surface area contributed by atoms with Gasteiger partial charge in [-0.25, -0.2) is 23.5 Å². The van der Waals surface area contributed by atoms with E-state index >= 15 is 0 Å². The van der Waals surface area contributed by atoms with Gasteiger partial charge < -0.3 is 9.53 Å². The zero-order valence-electron chi connectivity index (χ0n) is 21.6. The summed E-state index contributed by atoms with van der Waals surface area (Å²) in [6.45, 7) is 8.39. The van der Waals surface area contributed by atoms with E-state index in [0.29, 0.717) is 11.1 Å². The van der Waals surface area contributed by atoms with Gasteiger partial charge in [0.05, 0.1) is 12.4 Å². The Hall–Kier alpha value is -2.57. The van der Waals surface area contributed by atoms with Gasteiger partial charge in [-0.2, -0.15) is 4.31 Å². The van der Waals surface area contributed by atoms with Crippen molar-refractivity contribution in [1.29, 1.82) is 0 Å². The number of amides is 1. The number of amidine groups is 1. The van der Waals surface area contributed by atoms with Gasteiger partial charge in [0.2, 0.25) is 0 Å². The number of benzene rings is 1. The molecule has 38 heavy (non-hydrogen) atoms. The van der Waals surface area contributed by atoms with Crippen molar-refractivity contribution < 1.29 is 27.0 Å². The molecule has 13 heteroatoms. The molecule has 2 aromatic rings. The van der Waals surface area contributed by atoms with E-state index in [1.54, 1.807) is 26.8 Å². The molecule has 1 heterocycles. The number of aromatic nitrogens is 2. The molecule has 1 aliphatic rings. The van der Waals surface area contributed by atoms with Crippen molar-refractivity contribution in [3.63, 3.8) is 0 Å². The van der Waals surface area contributed by atoms with Gasteiger partial charge in [-0.15, -0.1) is 3.89 Å². The summed E-state index contributed by atoms with van der Waals surface area (Å²) in [6, 6.07) is 4.30. The van der Waals surface area contributed by atoms with Crippen molar-refractivity contribution in [2.75, 3.05) is 7.05 Å². The van der Waals surface area contributed by atoms with E-state index in [2.05, 4.69) is 15.0 Å². The molecule has 206 valence electrons. The lowest BCUT2D eigenvalue weighted by Gasteiger charge is -2.24. The Labute approximate surface area is 233 Å². The molecule has 3 atom stereocenters. The highest BCUT2D eigenvalue weighted by molar-refractivity contribution is 8.15. The zero-order valence-corrected chi connectivity index (χ0v) is 24.0. The first-order valence-electron chi connectivity index (χ1n) is 11.4. The molecule has 1 aromatic carbocycles. The number of hydrogen-bond acceptors (Lipinski definition) is 8. The molecule has 2 unspecified atom stereocenters. The molecule has 1 aromatic heterocycles. The predicted molar refractivity (Wildman–Crippen MR) is 148 cm³/mol. The second-order valence-electron chi connectivity index (χ2n) is 9.05. The van der Waals surface area contributed by atoms with Crippen LogP contribution in [0.4, 0.5) is 17.5 Å². The molecule has 3 rings (SSSR count). The van der Waals surface area contributed by atoms with E-state index < -0.39 is 23.3 Å². The molecule has 0 spiro atoms. The lowest BCUT2D eigenvalue weighted by atomic mass is 10.0. The van der Waals surface area contributed by atoms with Gasteiger partial charge in [-0.1, -0.05) is 36.4 Å². The monoisotopic (exact) mass is 588 g/mol. The minimum Gasteiger partial charge on any atom is -0.443 e. The number of ether oxygens (including phenoxy) is 1. The van der Waals surface area contributed by atoms with Gasteiger partial charge in [-0.05, 0) is 62.9 Å². The van der Waals surface area contributed by atoms with Gasteiger partial charge in [0, 0.05) is 18.2 Å². The van der Waals surface area contributed by atoms with E-state index in [1.807, 2.05) is 6.92 Å². The SMILES string of the molecule is CC=O.CN=C(SC1C(c2cc(/C=C(\F)c3cnc(Cl)cn3)ccc2F)[C@@H]1C)N(SF)C(=O)OC(C)(C)C. The van der Waals surface area contributed by atoms with Crippen molar-refractivity contribution in [3.05, 3.63) is 58.4 Å². The molecule has 0 saturated heterocycles. The molecule has 1 saturated carbocycles. The molecule has 1 aliphatic carbocycles. The third kappa shape index (κ3) is 8.74. The molecule has 1 amide bonds. The molecule has 7 nitrogen and oxygen atoms in total. The summed E-state index contributed by atoms with van der Waals surface area (Å²) >= 11 is 6.54. The molecule has 1 fully saturated rings. The highest BCUT2D eigenvalue weighted by Gasteiger charge is 2.51. The molecular formula is C25H28ClF3N4O3S2. The van der Waals surface area contributed by atoms with Crippen LogP contribution in [0.15, 0.2) is 35.6 Å². The Balaban J connectivity index is 0.00000161. The second kappa shape index (κ2) is 14.0. The number of halogens is 4. The van der Waals surface area contributed by atoms with Crippen molar-refractivity contribution in [2.24, 2.45) is 10.9 Å². The average molecular weight is 589 g/mol. The maximum atomic E-state index is 14.7. The number of carbonyl (C=O) groups excluding carboxylic acids is 2. The summed E-state index contributed by atoms with van der Waals surface area (Å²) < 4.78 is 49.0. The van der Waals surface area contributed by atoms with Crippen LogP contribution in [0.1, 0.15) is 57.4 Å². The Morgan fingerprint density at radius 1 is 1.26 bits per heavy atom. The number of aldehydes is 1. The molecule has 0 aliphatic heterocycles. The minimum absolute atomic E-state index is 0.00237. The molecule has 0 radical (unpaired) electrons. The van der Waals surface area contributed by atoms with Gasteiger partial charge >= 0.3 is 6.09 Å². The third-order valence-corrected chi connectivity index (χ3v) is 7.41. The van der Waals surface area contributed by atoms with Crippen LogP contribution in [0.25, 0.3) is 11.9 Å². The third-order valence-electron chi connectivity index (χ3n) is 5.07. The largest absolute Gasteiger partial charge is 0.443 e. The fraction of sp³-hybridized carbons (Fsp3) is 0.400. The number of carbonyl (C=O) groups is 2. The number of rotatable bonds is 5. The lowest BCUT2D eigenvalue weighted by molar-refractivity contribution is -0.106. The van der Waals surface area contributed by atoms with Gasteiger partial charge in [-0.3, -0.25) is 4.99 Å². The van der Waals surface area contributed by atoms with Gasteiger partial charge in [0.15, 0.2) is 23.3 Å². The fourth-order valence-corrected chi connectivity index (χ4v) is 5.28. The molecule has 0 N–H and O–H groups in total.